The summed E-state index contributed by atoms with van der Waals surface area (Å²) in [4.78, 5) is 6.84. The van der Waals surface area contributed by atoms with Crippen molar-refractivity contribution in [2.24, 2.45) is 0 Å². The van der Waals surface area contributed by atoms with Gasteiger partial charge in [-0.15, -0.1) is 0 Å². The lowest BCUT2D eigenvalue weighted by atomic mass is 10.3. The lowest BCUT2D eigenvalue weighted by molar-refractivity contribution is 0.262. The molecule has 18 heavy (non-hydrogen) atoms. The Hall–Kier alpha value is -1.13. The highest BCUT2D eigenvalue weighted by Gasteiger charge is 2.10. The fourth-order valence-corrected chi connectivity index (χ4v) is 2.27. The summed E-state index contributed by atoms with van der Waals surface area (Å²) in [6.07, 6.45) is 5.62. The highest BCUT2D eigenvalue weighted by Crippen LogP contribution is 2.11. The van der Waals surface area contributed by atoms with Gasteiger partial charge in [-0.3, -0.25) is 4.98 Å². The predicted octanol–water partition coefficient (Wildman–Crippen LogP) is 1.67. The summed E-state index contributed by atoms with van der Waals surface area (Å²) in [5.41, 5.74) is 1.04. The molecular weight excluding hydrogens is 226 g/mol. The number of nitrogens with one attached hydrogen (secondary N) is 1. The average Bonchev–Trinajstić information content (AvgIpc) is 2.90. The fraction of sp³-hybridized carbons (Fsp3) is 0.643. The van der Waals surface area contributed by atoms with Crippen LogP contribution in [0.15, 0.2) is 18.3 Å². The molecule has 0 aromatic carbocycles. The lowest BCUT2D eigenvalue weighted by Gasteiger charge is -2.14. The summed E-state index contributed by atoms with van der Waals surface area (Å²) < 4.78 is 5.69. The van der Waals surface area contributed by atoms with Gasteiger partial charge in [0.05, 0.1) is 18.5 Å². The molecule has 1 fully saturated rings. The van der Waals surface area contributed by atoms with Crippen LogP contribution in [0, 0.1) is 0 Å². The number of pyridine rings is 1. The van der Waals surface area contributed by atoms with E-state index in [1.54, 1.807) is 0 Å². The van der Waals surface area contributed by atoms with Crippen molar-refractivity contribution in [2.45, 2.75) is 25.8 Å². The van der Waals surface area contributed by atoms with Gasteiger partial charge in [-0.05, 0) is 51.5 Å². The molecule has 1 saturated heterocycles. The van der Waals surface area contributed by atoms with Crippen molar-refractivity contribution in [3.05, 3.63) is 24.0 Å². The van der Waals surface area contributed by atoms with Crippen molar-refractivity contribution in [1.82, 2.24) is 15.2 Å². The molecule has 0 bridgehead atoms. The van der Waals surface area contributed by atoms with Crippen LogP contribution in [0.4, 0.5) is 0 Å². The van der Waals surface area contributed by atoms with E-state index in [0.29, 0.717) is 0 Å². The van der Waals surface area contributed by atoms with E-state index < -0.39 is 0 Å². The summed E-state index contributed by atoms with van der Waals surface area (Å²) in [6.45, 7) is 5.27. The highest BCUT2D eigenvalue weighted by molar-refractivity contribution is 5.19. The Morgan fingerprint density at radius 2 is 2.17 bits per heavy atom. The normalized spacial score (nSPS) is 16.1. The molecule has 1 aliphatic rings. The molecule has 2 heterocycles. The molecule has 1 aliphatic heterocycles. The number of ether oxygens (including phenoxy) is 1. The van der Waals surface area contributed by atoms with Gasteiger partial charge in [-0.1, -0.05) is 0 Å². The van der Waals surface area contributed by atoms with Crippen LogP contribution in [-0.2, 0) is 6.54 Å². The first-order valence-electron chi connectivity index (χ1n) is 6.83. The van der Waals surface area contributed by atoms with Gasteiger partial charge in [0.25, 0.3) is 0 Å². The molecule has 0 saturated carbocycles. The Balaban J connectivity index is 1.63. The third-order valence-electron chi connectivity index (χ3n) is 3.24. The minimum absolute atomic E-state index is 0.781. The first-order valence-corrected chi connectivity index (χ1v) is 6.83. The molecule has 0 spiro atoms. The molecular formula is C14H23N3O. The number of nitrogens with zero attached hydrogens (tertiary/aromatic N) is 2. The zero-order chi connectivity index (χ0) is 12.6. The molecule has 4 nitrogen and oxygen atoms in total. The van der Waals surface area contributed by atoms with Gasteiger partial charge in [-0.2, -0.15) is 0 Å². The van der Waals surface area contributed by atoms with Gasteiger partial charge in [0.2, 0.25) is 0 Å². The summed E-state index contributed by atoms with van der Waals surface area (Å²) >= 11 is 0. The van der Waals surface area contributed by atoms with Crippen LogP contribution in [-0.4, -0.2) is 43.2 Å². The third-order valence-corrected chi connectivity index (χ3v) is 3.24. The zero-order valence-corrected chi connectivity index (χ0v) is 11.2. The van der Waals surface area contributed by atoms with Gasteiger partial charge < -0.3 is 15.0 Å². The molecule has 1 aromatic rings. The minimum atomic E-state index is 0.781. The van der Waals surface area contributed by atoms with E-state index in [9.17, 15) is 0 Å². The molecule has 4 heteroatoms. The largest absolute Gasteiger partial charge is 0.492 e. The first kappa shape index (κ1) is 13.3. The Morgan fingerprint density at radius 3 is 2.83 bits per heavy atom. The van der Waals surface area contributed by atoms with Crippen LogP contribution in [0.3, 0.4) is 0 Å². The Morgan fingerprint density at radius 1 is 1.33 bits per heavy atom. The van der Waals surface area contributed by atoms with Gasteiger partial charge in [-0.25, -0.2) is 0 Å². The lowest BCUT2D eigenvalue weighted by Crippen LogP contribution is -2.21. The average molecular weight is 249 g/mol. The summed E-state index contributed by atoms with van der Waals surface area (Å²) in [5.74, 6) is 0.872. The molecule has 0 radical (unpaired) electrons. The zero-order valence-electron chi connectivity index (χ0n) is 11.2. The molecule has 1 aromatic heterocycles. The van der Waals surface area contributed by atoms with E-state index in [0.717, 1.165) is 37.6 Å². The summed E-state index contributed by atoms with van der Waals surface area (Å²) in [5, 5.41) is 3.08. The monoisotopic (exact) mass is 249 g/mol. The van der Waals surface area contributed by atoms with Crippen molar-refractivity contribution >= 4 is 0 Å². The Labute approximate surface area is 109 Å². The van der Waals surface area contributed by atoms with Crippen molar-refractivity contribution in [3.8, 4) is 5.75 Å². The smallest absolute Gasteiger partial charge is 0.137 e. The van der Waals surface area contributed by atoms with E-state index in [2.05, 4.69) is 15.2 Å². The molecule has 0 aliphatic carbocycles. The molecule has 0 unspecified atom stereocenters. The van der Waals surface area contributed by atoms with E-state index in [1.165, 1.54) is 25.9 Å². The second-order valence-electron chi connectivity index (χ2n) is 4.77. The SMILES string of the molecule is CNCc1ccc(OCCCN2CCCC2)cn1. The number of hydrogen-bond acceptors (Lipinski definition) is 4. The van der Waals surface area contributed by atoms with Gasteiger partial charge in [0.1, 0.15) is 5.75 Å². The van der Waals surface area contributed by atoms with Crippen molar-refractivity contribution in [3.63, 3.8) is 0 Å². The number of likely N-dealkylation sites (tertiary alicyclic amines) is 1. The van der Waals surface area contributed by atoms with E-state index in [1.807, 2.05) is 25.4 Å². The van der Waals surface area contributed by atoms with Crippen molar-refractivity contribution in [2.75, 3.05) is 33.3 Å². The van der Waals surface area contributed by atoms with Crippen LogP contribution in [0.2, 0.25) is 0 Å². The number of hydrogen-bond donors (Lipinski definition) is 1. The quantitative estimate of drug-likeness (QED) is 0.746. The predicted molar refractivity (Wildman–Crippen MR) is 72.8 cm³/mol. The van der Waals surface area contributed by atoms with E-state index in [-0.39, 0.29) is 0 Å². The maximum Gasteiger partial charge on any atom is 0.137 e. The molecule has 2 rings (SSSR count). The van der Waals surface area contributed by atoms with Gasteiger partial charge in [0.15, 0.2) is 0 Å². The van der Waals surface area contributed by atoms with E-state index >= 15 is 0 Å². The van der Waals surface area contributed by atoms with Gasteiger partial charge in [0, 0.05) is 13.1 Å². The summed E-state index contributed by atoms with van der Waals surface area (Å²) in [7, 11) is 1.92. The van der Waals surface area contributed by atoms with Gasteiger partial charge >= 0.3 is 0 Å². The molecule has 1 N–H and O–H groups in total. The van der Waals surface area contributed by atoms with Crippen LogP contribution < -0.4 is 10.1 Å². The van der Waals surface area contributed by atoms with Crippen LogP contribution in [0.5, 0.6) is 5.75 Å². The van der Waals surface area contributed by atoms with Crippen LogP contribution >= 0.6 is 0 Å². The number of aromatic nitrogens is 1. The van der Waals surface area contributed by atoms with Crippen LogP contribution in [0.1, 0.15) is 25.0 Å². The second-order valence-corrected chi connectivity index (χ2v) is 4.77. The molecule has 0 atom stereocenters. The Bertz CT molecular complexity index is 333. The highest BCUT2D eigenvalue weighted by atomic mass is 16.5. The topological polar surface area (TPSA) is 37.4 Å². The first-order chi connectivity index (χ1) is 8.88. The maximum absolute atomic E-state index is 5.69. The van der Waals surface area contributed by atoms with Crippen molar-refractivity contribution < 1.29 is 4.74 Å². The minimum Gasteiger partial charge on any atom is -0.492 e. The standard InChI is InChI=1S/C14H23N3O/c1-15-11-13-5-6-14(12-16-13)18-10-4-9-17-7-2-3-8-17/h5-6,12,15H,2-4,7-11H2,1H3. The second kappa shape index (κ2) is 7.34. The molecule has 0 amide bonds. The maximum atomic E-state index is 5.69. The van der Waals surface area contributed by atoms with Crippen molar-refractivity contribution in [1.29, 1.82) is 0 Å². The van der Waals surface area contributed by atoms with Crippen LogP contribution in [0.25, 0.3) is 0 Å². The summed E-state index contributed by atoms with van der Waals surface area (Å²) in [6, 6.07) is 4.00. The third kappa shape index (κ3) is 4.27. The van der Waals surface area contributed by atoms with E-state index in [4.69, 9.17) is 4.74 Å². The number of rotatable bonds is 7. The molecule has 100 valence electrons. The fourth-order valence-electron chi connectivity index (χ4n) is 2.27. The Kier molecular flexibility index (Phi) is 5.42.